The lowest BCUT2D eigenvalue weighted by Crippen LogP contribution is -2.67. The van der Waals surface area contributed by atoms with Crippen molar-refractivity contribution in [2.75, 3.05) is 13.2 Å². The lowest BCUT2D eigenvalue weighted by molar-refractivity contribution is 0.0294. The molecule has 2 aromatic rings. The molecule has 3 nitrogen and oxygen atoms in total. The largest absolute Gasteiger partial charge is 0.407 e. The third-order valence-corrected chi connectivity index (χ3v) is 10.5. The zero-order chi connectivity index (χ0) is 20.8. The lowest BCUT2D eigenvalue weighted by atomic mass is 9.93. The number of aliphatic hydroxyl groups is 2. The monoisotopic (exact) mass is 398 g/mol. The molecule has 28 heavy (non-hydrogen) atoms. The van der Waals surface area contributed by atoms with E-state index in [9.17, 15) is 10.2 Å². The second kappa shape index (κ2) is 9.66. The fraction of sp³-hybridized carbons (Fsp3) is 0.417. The summed E-state index contributed by atoms with van der Waals surface area (Å²) in [7, 11) is -2.61. The fourth-order valence-corrected chi connectivity index (χ4v) is 8.53. The first-order chi connectivity index (χ1) is 13.3. The standard InChI is InChI=1S/C24H34O3Si/c1-6-20(17-25)23(26)19(2)18-27-28(24(3,4)5,21-13-9-7-10-14-21)22-15-11-8-12-16-22/h6-16,19-20,23,25-26H,1,17-18H2,2-5H3/t19-,20-,23+/m1/s1. The van der Waals surface area contributed by atoms with E-state index in [2.05, 4.69) is 75.9 Å². The van der Waals surface area contributed by atoms with Gasteiger partial charge in [0, 0.05) is 18.4 Å². The van der Waals surface area contributed by atoms with Crippen molar-refractivity contribution in [3.8, 4) is 0 Å². The molecule has 0 unspecified atom stereocenters. The Morgan fingerprint density at radius 1 is 1.00 bits per heavy atom. The summed E-state index contributed by atoms with van der Waals surface area (Å²) in [5, 5.41) is 22.5. The summed E-state index contributed by atoms with van der Waals surface area (Å²) in [6.45, 7) is 12.7. The van der Waals surface area contributed by atoms with Crippen molar-refractivity contribution in [1.82, 2.24) is 0 Å². The molecule has 2 N–H and O–H groups in total. The number of aliphatic hydroxyl groups excluding tert-OH is 2. The highest BCUT2D eigenvalue weighted by Gasteiger charge is 2.50. The van der Waals surface area contributed by atoms with Gasteiger partial charge in [0.25, 0.3) is 8.32 Å². The summed E-state index contributed by atoms with van der Waals surface area (Å²) in [6.07, 6.45) is 0.921. The van der Waals surface area contributed by atoms with Crippen molar-refractivity contribution in [3.63, 3.8) is 0 Å². The Balaban J connectivity index is 2.46. The average Bonchev–Trinajstić information content (AvgIpc) is 2.69. The molecule has 0 spiro atoms. The van der Waals surface area contributed by atoms with Gasteiger partial charge in [-0.05, 0) is 15.4 Å². The SMILES string of the molecule is C=C[C@H](CO)[C@@H](O)[C@H](C)CO[Si](c1ccccc1)(c1ccccc1)C(C)(C)C. The van der Waals surface area contributed by atoms with Crippen molar-refractivity contribution in [2.45, 2.75) is 38.8 Å². The second-order valence-corrected chi connectivity index (χ2v) is 12.8. The van der Waals surface area contributed by atoms with Crippen LogP contribution in [0.2, 0.25) is 5.04 Å². The van der Waals surface area contributed by atoms with E-state index >= 15 is 0 Å². The molecule has 0 heterocycles. The van der Waals surface area contributed by atoms with Crippen LogP contribution in [0.5, 0.6) is 0 Å². The van der Waals surface area contributed by atoms with Gasteiger partial charge in [0.2, 0.25) is 0 Å². The third kappa shape index (κ3) is 4.63. The molecule has 152 valence electrons. The van der Waals surface area contributed by atoms with Crippen LogP contribution < -0.4 is 10.4 Å². The maximum atomic E-state index is 10.6. The second-order valence-electron chi connectivity index (χ2n) is 8.52. The minimum Gasteiger partial charge on any atom is -0.407 e. The Morgan fingerprint density at radius 2 is 1.46 bits per heavy atom. The first kappa shape index (κ1) is 22.6. The van der Waals surface area contributed by atoms with Crippen molar-refractivity contribution in [1.29, 1.82) is 0 Å². The van der Waals surface area contributed by atoms with Gasteiger partial charge in [-0.2, -0.15) is 0 Å². The van der Waals surface area contributed by atoms with Gasteiger partial charge in [-0.15, -0.1) is 6.58 Å². The Labute approximate surface area is 170 Å². The van der Waals surface area contributed by atoms with E-state index < -0.39 is 14.4 Å². The van der Waals surface area contributed by atoms with Gasteiger partial charge in [0.1, 0.15) is 0 Å². The van der Waals surface area contributed by atoms with Gasteiger partial charge in [0.15, 0.2) is 0 Å². The topological polar surface area (TPSA) is 49.7 Å². The first-order valence-electron chi connectivity index (χ1n) is 9.94. The molecule has 0 saturated heterocycles. The predicted molar refractivity (Wildman–Crippen MR) is 120 cm³/mol. The van der Waals surface area contributed by atoms with Gasteiger partial charge in [-0.1, -0.05) is 94.4 Å². The maximum Gasteiger partial charge on any atom is 0.261 e. The Hall–Kier alpha value is -1.72. The molecule has 0 saturated carbocycles. The van der Waals surface area contributed by atoms with E-state index in [0.29, 0.717) is 6.61 Å². The summed E-state index contributed by atoms with van der Waals surface area (Å²) >= 11 is 0. The third-order valence-electron chi connectivity index (χ3n) is 5.51. The van der Waals surface area contributed by atoms with Crippen LogP contribution in [0.4, 0.5) is 0 Å². The van der Waals surface area contributed by atoms with E-state index in [4.69, 9.17) is 4.43 Å². The normalized spacial score (nSPS) is 15.6. The summed E-state index contributed by atoms with van der Waals surface area (Å²) < 4.78 is 6.85. The molecular formula is C24H34O3Si. The Kier molecular flexibility index (Phi) is 7.78. The summed E-state index contributed by atoms with van der Waals surface area (Å²) in [4.78, 5) is 0. The zero-order valence-electron chi connectivity index (χ0n) is 17.5. The van der Waals surface area contributed by atoms with Gasteiger partial charge in [-0.25, -0.2) is 0 Å². The minimum absolute atomic E-state index is 0.102. The number of benzene rings is 2. The molecule has 0 amide bonds. The van der Waals surface area contributed by atoms with Crippen LogP contribution in [0, 0.1) is 11.8 Å². The fourth-order valence-electron chi connectivity index (χ4n) is 3.86. The van der Waals surface area contributed by atoms with Gasteiger partial charge < -0.3 is 14.6 Å². The molecule has 0 aliphatic rings. The molecule has 0 aliphatic heterocycles. The van der Waals surface area contributed by atoms with E-state index in [1.54, 1.807) is 6.08 Å². The highest BCUT2D eigenvalue weighted by molar-refractivity contribution is 6.99. The van der Waals surface area contributed by atoms with Gasteiger partial charge in [0.05, 0.1) is 12.7 Å². The molecule has 3 atom stereocenters. The van der Waals surface area contributed by atoms with Crippen LogP contribution in [0.15, 0.2) is 73.3 Å². The molecule has 0 aliphatic carbocycles. The molecule has 2 rings (SSSR count). The highest BCUT2D eigenvalue weighted by atomic mass is 28.4. The Bertz CT molecular complexity index is 685. The number of hydrogen-bond acceptors (Lipinski definition) is 3. The predicted octanol–water partition coefficient (Wildman–Crippen LogP) is 3.35. The van der Waals surface area contributed by atoms with Crippen LogP contribution in [0.3, 0.4) is 0 Å². The van der Waals surface area contributed by atoms with E-state index in [0.717, 1.165) is 0 Å². The van der Waals surface area contributed by atoms with Crippen LogP contribution in [0.25, 0.3) is 0 Å². The van der Waals surface area contributed by atoms with Gasteiger partial charge >= 0.3 is 0 Å². The molecular weight excluding hydrogens is 364 g/mol. The van der Waals surface area contributed by atoms with Crippen LogP contribution in [-0.2, 0) is 4.43 Å². The highest BCUT2D eigenvalue weighted by Crippen LogP contribution is 2.37. The zero-order valence-corrected chi connectivity index (χ0v) is 18.5. The quantitative estimate of drug-likeness (QED) is 0.503. The van der Waals surface area contributed by atoms with Gasteiger partial charge in [-0.3, -0.25) is 0 Å². The lowest BCUT2D eigenvalue weighted by Gasteiger charge is -2.44. The Morgan fingerprint density at radius 3 is 1.82 bits per heavy atom. The summed E-state index contributed by atoms with van der Waals surface area (Å²) in [5.74, 6) is -0.477. The van der Waals surface area contributed by atoms with Crippen molar-refractivity contribution >= 4 is 18.7 Å². The molecule has 4 heteroatoms. The first-order valence-corrected chi connectivity index (χ1v) is 11.8. The summed E-state index contributed by atoms with van der Waals surface area (Å²) in [5.41, 5.74) is 0. The maximum absolute atomic E-state index is 10.6. The molecule has 0 radical (unpaired) electrons. The van der Waals surface area contributed by atoms with E-state index in [1.807, 2.05) is 19.1 Å². The molecule has 2 aromatic carbocycles. The minimum atomic E-state index is -2.61. The smallest absolute Gasteiger partial charge is 0.261 e. The van der Waals surface area contributed by atoms with E-state index in [-0.39, 0.29) is 23.5 Å². The van der Waals surface area contributed by atoms with Crippen LogP contribution >= 0.6 is 0 Å². The molecule has 0 fully saturated rings. The summed E-state index contributed by atoms with van der Waals surface area (Å²) in [6, 6.07) is 20.9. The number of hydrogen-bond donors (Lipinski definition) is 2. The van der Waals surface area contributed by atoms with Crippen LogP contribution in [-0.4, -0.2) is 37.8 Å². The average molecular weight is 399 g/mol. The molecule has 0 aromatic heterocycles. The molecule has 0 bridgehead atoms. The van der Waals surface area contributed by atoms with Crippen molar-refractivity contribution < 1.29 is 14.6 Å². The van der Waals surface area contributed by atoms with E-state index in [1.165, 1.54) is 10.4 Å². The van der Waals surface area contributed by atoms with Crippen LogP contribution in [0.1, 0.15) is 27.7 Å². The van der Waals surface area contributed by atoms with Crippen molar-refractivity contribution in [3.05, 3.63) is 73.3 Å². The number of rotatable bonds is 9. The van der Waals surface area contributed by atoms with Crippen molar-refractivity contribution in [2.24, 2.45) is 11.8 Å².